The van der Waals surface area contributed by atoms with Crippen LogP contribution in [-0.4, -0.2) is 37.5 Å². The van der Waals surface area contributed by atoms with Crippen molar-refractivity contribution in [3.63, 3.8) is 0 Å². The molecule has 1 amide bonds. The number of nitrogens with one attached hydrogen (secondary N) is 1. The van der Waals surface area contributed by atoms with Crippen LogP contribution in [0.2, 0.25) is 0 Å². The lowest BCUT2D eigenvalue weighted by Crippen LogP contribution is -2.15. The number of rotatable bonds is 15. The number of amides is 1. The van der Waals surface area contributed by atoms with Crippen LogP contribution in [0.15, 0.2) is 12.1 Å². The van der Waals surface area contributed by atoms with E-state index in [1.807, 2.05) is 0 Å². The zero-order valence-corrected chi connectivity index (χ0v) is 18.6. The SMILES string of the molecule is CCCCCCCCOC(=O)Nc1ccc(C(=O)OCCCCCC)c(O)c1OC. The Bertz CT molecular complexity index is 647. The van der Waals surface area contributed by atoms with Crippen molar-refractivity contribution in [2.24, 2.45) is 0 Å². The van der Waals surface area contributed by atoms with E-state index in [1.165, 1.54) is 38.5 Å². The monoisotopic (exact) mass is 423 g/mol. The van der Waals surface area contributed by atoms with Crippen LogP contribution in [-0.2, 0) is 9.47 Å². The number of phenolic OH excluding ortho intramolecular Hbond substituents is 1. The Hall–Kier alpha value is -2.44. The minimum Gasteiger partial charge on any atom is -0.504 e. The molecule has 2 N–H and O–H groups in total. The molecule has 0 fully saturated rings. The zero-order valence-electron chi connectivity index (χ0n) is 18.6. The maximum Gasteiger partial charge on any atom is 0.411 e. The third kappa shape index (κ3) is 9.37. The molecule has 1 aromatic rings. The van der Waals surface area contributed by atoms with Crippen LogP contribution in [0, 0.1) is 0 Å². The van der Waals surface area contributed by atoms with E-state index in [0.717, 1.165) is 44.9 Å². The van der Waals surface area contributed by atoms with Crippen molar-refractivity contribution in [2.45, 2.75) is 78.1 Å². The molecule has 30 heavy (non-hydrogen) atoms. The third-order valence-corrected chi connectivity index (χ3v) is 4.75. The van der Waals surface area contributed by atoms with Gasteiger partial charge in [0.05, 0.1) is 26.0 Å². The lowest BCUT2D eigenvalue weighted by Gasteiger charge is -2.14. The van der Waals surface area contributed by atoms with E-state index in [9.17, 15) is 14.7 Å². The summed E-state index contributed by atoms with van der Waals surface area (Å²) in [5.41, 5.74) is 0.218. The smallest absolute Gasteiger partial charge is 0.411 e. The number of carbonyl (C=O) groups is 2. The van der Waals surface area contributed by atoms with Gasteiger partial charge in [-0.2, -0.15) is 0 Å². The molecular formula is C23H37NO6. The van der Waals surface area contributed by atoms with Crippen LogP contribution in [0.3, 0.4) is 0 Å². The van der Waals surface area contributed by atoms with Crippen molar-refractivity contribution in [1.29, 1.82) is 0 Å². The molecule has 0 heterocycles. The summed E-state index contributed by atoms with van der Waals surface area (Å²) < 4.78 is 15.6. The molecule has 0 aliphatic carbocycles. The van der Waals surface area contributed by atoms with Gasteiger partial charge >= 0.3 is 12.1 Å². The number of unbranched alkanes of at least 4 members (excludes halogenated alkanes) is 8. The number of esters is 1. The summed E-state index contributed by atoms with van der Waals surface area (Å²) in [6.45, 7) is 4.90. The molecule has 0 atom stereocenters. The third-order valence-electron chi connectivity index (χ3n) is 4.75. The number of carbonyl (C=O) groups excluding carboxylic acids is 2. The molecule has 0 radical (unpaired) electrons. The first kappa shape index (κ1) is 25.6. The van der Waals surface area contributed by atoms with Crippen LogP contribution < -0.4 is 10.1 Å². The van der Waals surface area contributed by atoms with Gasteiger partial charge in [-0.15, -0.1) is 0 Å². The molecule has 0 aliphatic heterocycles. The fraction of sp³-hybridized carbons (Fsp3) is 0.652. The number of ether oxygens (including phenoxy) is 3. The van der Waals surface area contributed by atoms with Crippen molar-refractivity contribution in [3.8, 4) is 11.5 Å². The Labute approximate surface area is 180 Å². The van der Waals surface area contributed by atoms with Gasteiger partial charge in [-0.3, -0.25) is 5.32 Å². The number of aromatic hydroxyl groups is 1. The molecule has 0 saturated heterocycles. The average Bonchev–Trinajstić information content (AvgIpc) is 2.73. The van der Waals surface area contributed by atoms with Gasteiger partial charge in [-0.1, -0.05) is 65.2 Å². The van der Waals surface area contributed by atoms with Gasteiger partial charge in [0.2, 0.25) is 0 Å². The Morgan fingerprint density at radius 3 is 2.07 bits per heavy atom. The second kappa shape index (κ2) is 15.4. The number of hydrogen-bond acceptors (Lipinski definition) is 6. The zero-order chi connectivity index (χ0) is 22.2. The number of anilines is 1. The first-order chi connectivity index (χ1) is 14.5. The predicted octanol–water partition coefficient (Wildman–Crippen LogP) is 6.05. The molecule has 0 saturated carbocycles. The highest BCUT2D eigenvalue weighted by atomic mass is 16.5. The minimum atomic E-state index is -0.632. The van der Waals surface area contributed by atoms with E-state index in [1.54, 1.807) is 0 Å². The molecule has 1 aromatic carbocycles. The van der Waals surface area contributed by atoms with Crippen molar-refractivity contribution in [3.05, 3.63) is 17.7 Å². The maximum atomic E-state index is 12.2. The van der Waals surface area contributed by atoms with Crippen molar-refractivity contribution in [1.82, 2.24) is 0 Å². The predicted molar refractivity (Wildman–Crippen MR) is 117 cm³/mol. The van der Waals surface area contributed by atoms with Gasteiger partial charge in [0.25, 0.3) is 0 Å². The largest absolute Gasteiger partial charge is 0.504 e. The molecule has 0 spiro atoms. The van der Waals surface area contributed by atoms with E-state index in [4.69, 9.17) is 14.2 Å². The average molecular weight is 424 g/mol. The fourth-order valence-electron chi connectivity index (χ4n) is 3.01. The Morgan fingerprint density at radius 2 is 1.43 bits per heavy atom. The number of benzene rings is 1. The van der Waals surface area contributed by atoms with Crippen LogP contribution in [0.25, 0.3) is 0 Å². The summed E-state index contributed by atoms with van der Waals surface area (Å²) in [6, 6.07) is 2.88. The summed E-state index contributed by atoms with van der Waals surface area (Å²) in [7, 11) is 1.35. The van der Waals surface area contributed by atoms with Crippen LogP contribution >= 0.6 is 0 Å². The van der Waals surface area contributed by atoms with Gasteiger partial charge in [-0.25, -0.2) is 9.59 Å². The second-order valence-corrected chi connectivity index (χ2v) is 7.27. The minimum absolute atomic E-state index is 0.00617. The maximum absolute atomic E-state index is 12.2. The topological polar surface area (TPSA) is 94.1 Å². The Kier molecular flexibility index (Phi) is 13.1. The molecule has 7 heteroatoms. The van der Waals surface area contributed by atoms with Crippen LogP contribution in [0.5, 0.6) is 11.5 Å². The number of phenols is 1. The molecule has 0 aliphatic rings. The number of methoxy groups -OCH3 is 1. The summed E-state index contributed by atoms with van der Waals surface area (Å²) >= 11 is 0. The highest BCUT2D eigenvalue weighted by Crippen LogP contribution is 2.37. The molecule has 0 bridgehead atoms. The lowest BCUT2D eigenvalue weighted by molar-refractivity contribution is 0.0494. The molecule has 170 valence electrons. The normalized spacial score (nSPS) is 10.5. The van der Waals surface area contributed by atoms with Crippen LogP contribution in [0.4, 0.5) is 10.5 Å². The van der Waals surface area contributed by atoms with Crippen molar-refractivity contribution < 1.29 is 28.9 Å². The Morgan fingerprint density at radius 1 is 0.867 bits per heavy atom. The summed E-state index contributed by atoms with van der Waals surface area (Å²) in [5.74, 6) is -1.00. The van der Waals surface area contributed by atoms with E-state index in [0.29, 0.717) is 13.2 Å². The van der Waals surface area contributed by atoms with E-state index < -0.39 is 12.1 Å². The molecular weight excluding hydrogens is 386 g/mol. The van der Waals surface area contributed by atoms with Gasteiger partial charge in [0.15, 0.2) is 11.5 Å². The quantitative estimate of drug-likeness (QED) is 0.263. The summed E-state index contributed by atoms with van der Waals surface area (Å²) in [5, 5.41) is 12.9. The van der Waals surface area contributed by atoms with Gasteiger partial charge in [-0.05, 0) is 25.0 Å². The van der Waals surface area contributed by atoms with E-state index in [-0.39, 0.29) is 22.7 Å². The molecule has 0 aromatic heterocycles. The highest BCUT2D eigenvalue weighted by Gasteiger charge is 2.21. The summed E-state index contributed by atoms with van der Waals surface area (Å²) in [4.78, 5) is 24.2. The molecule has 1 rings (SSSR count). The van der Waals surface area contributed by atoms with Gasteiger partial charge < -0.3 is 19.3 Å². The number of hydrogen-bond donors (Lipinski definition) is 2. The molecule has 7 nitrogen and oxygen atoms in total. The lowest BCUT2D eigenvalue weighted by atomic mass is 10.1. The first-order valence-electron chi connectivity index (χ1n) is 11.1. The van der Waals surface area contributed by atoms with Crippen molar-refractivity contribution in [2.75, 3.05) is 25.6 Å². The Balaban J connectivity index is 2.54. The first-order valence-corrected chi connectivity index (χ1v) is 11.1. The second-order valence-electron chi connectivity index (χ2n) is 7.27. The van der Waals surface area contributed by atoms with E-state index in [2.05, 4.69) is 19.2 Å². The molecule has 0 unspecified atom stereocenters. The highest BCUT2D eigenvalue weighted by molar-refractivity contribution is 5.96. The van der Waals surface area contributed by atoms with Gasteiger partial charge in [0, 0.05) is 0 Å². The standard InChI is InChI=1S/C23H37NO6/c1-4-6-8-10-11-13-17-30-23(27)24-19-15-14-18(20(25)21(19)28-3)22(26)29-16-12-9-7-5-2/h14-15,25H,4-13,16-17H2,1-3H3,(H,24,27). The summed E-state index contributed by atoms with van der Waals surface area (Å²) in [6.07, 6.45) is 9.92. The van der Waals surface area contributed by atoms with Crippen LogP contribution in [0.1, 0.15) is 88.4 Å². The van der Waals surface area contributed by atoms with Crippen molar-refractivity contribution >= 4 is 17.7 Å². The fourth-order valence-corrected chi connectivity index (χ4v) is 3.01. The van der Waals surface area contributed by atoms with Gasteiger partial charge in [0.1, 0.15) is 5.56 Å². The van der Waals surface area contributed by atoms with E-state index >= 15 is 0 Å².